The molecule has 2 aromatic carbocycles. The van der Waals surface area contributed by atoms with Gasteiger partial charge in [0.25, 0.3) is 5.91 Å². The highest BCUT2D eigenvalue weighted by molar-refractivity contribution is 6.01. The van der Waals surface area contributed by atoms with Crippen LogP contribution in [0.15, 0.2) is 53.6 Å². The molecule has 1 N–H and O–H groups in total. The molecule has 0 aromatic heterocycles. The lowest BCUT2D eigenvalue weighted by Gasteiger charge is -2.05. The number of aryl methyl sites for hydroxylation is 1. The number of carbonyl (C=O) groups excluding carboxylic acids is 1. The highest BCUT2D eigenvalue weighted by Crippen LogP contribution is 2.07. The monoisotopic (exact) mass is 270 g/mol. The van der Waals surface area contributed by atoms with E-state index >= 15 is 0 Å². The van der Waals surface area contributed by atoms with E-state index in [1.807, 2.05) is 19.1 Å². The molecule has 0 saturated heterocycles. The number of hydrogen-bond acceptors (Lipinski definition) is 2. The number of hydrogen-bond donors (Lipinski definition) is 1. The molecule has 3 nitrogen and oxygen atoms in total. The quantitative estimate of drug-likeness (QED) is 0.675. The lowest BCUT2D eigenvalue weighted by atomic mass is 10.1. The number of rotatable bonds is 3. The summed E-state index contributed by atoms with van der Waals surface area (Å²) in [5.74, 6) is -0.560. The van der Waals surface area contributed by atoms with Gasteiger partial charge in [-0.2, -0.15) is 5.10 Å². The van der Waals surface area contributed by atoms with Crippen molar-refractivity contribution < 1.29 is 9.18 Å². The SMILES string of the molecule is C/C(=N\NC(=O)c1ccccc1C)c1ccc(F)cc1. The van der Waals surface area contributed by atoms with Gasteiger partial charge in [0.05, 0.1) is 5.71 Å². The highest BCUT2D eigenvalue weighted by Gasteiger charge is 2.07. The van der Waals surface area contributed by atoms with Crippen LogP contribution >= 0.6 is 0 Å². The van der Waals surface area contributed by atoms with Crippen LogP contribution in [0.1, 0.15) is 28.4 Å². The van der Waals surface area contributed by atoms with Crippen LogP contribution < -0.4 is 5.43 Å². The Kier molecular flexibility index (Phi) is 4.25. The van der Waals surface area contributed by atoms with E-state index < -0.39 is 0 Å². The average molecular weight is 270 g/mol. The van der Waals surface area contributed by atoms with Gasteiger partial charge >= 0.3 is 0 Å². The molecule has 102 valence electrons. The zero-order valence-corrected chi connectivity index (χ0v) is 11.4. The highest BCUT2D eigenvalue weighted by atomic mass is 19.1. The van der Waals surface area contributed by atoms with E-state index in [0.29, 0.717) is 11.3 Å². The first-order chi connectivity index (χ1) is 9.58. The summed E-state index contributed by atoms with van der Waals surface area (Å²) in [6.07, 6.45) is 0. The van der Waals surface area contributed by atoms with E-state index in [0.717, 1.165) is 11.1 Å². The Labute approximate surface area is 117 Å². The maximum atomic E-state index is 12.8. The first-order valence-corrected chi connectivity index (χ1v) is 6.24. The van der Waals surface area contributed by atoms with E-state index in [2.05, 4.69) is 10.5 Å². The second-order valence-corrected chi connectivity index (χ2v) is 4.46. The third-order valence-electron chi connectivity index (χ3n) is 2.98. The van der Waals surface area contributed by atoms with Gasteiger partial charge in [0.15, 0.2) is 0 Å². The van der Waals surface area contributed by atoms with Crippen molar-refractivity contribution in [1.29, 1.82) is 0 Å². The number of halogens is 1. The molecule has 2 aromatic rings. The minimum absolute atomic E-state index is 0.260. The Morgan fingerprint density at radius 1 is 1.10 bits per heavy atom. The molecule has 0 aliphatic rings. The molecule has 0 spiro atoms. The minimum Gasteiger partial charge on any atom is -0.267 e. The molecule has 2 rings (SSSR count). The van der Waals surface area contributed by atoms with Gasteiger partial charge < -0.3 is 0 Å². The van der Waals surface area contributed by atoms with Gasteiger partial charge in [-0.15, -0.1) is 0 Å². The topological polar surface area (TPSA) is 41.5 Å². The summed E-state index contributed by atoms with van der Waals surface area (Å²) in [7, 11) is 0. The summed E-state index contributed by atoms with van der Waals surface area (Å²) in [4.78, 5) is 12.0. The summed E-state index contributed by atoms with van der Waals surface area (Å²) < 4.78 is 12.8. The van der Waals surface area contributed by atoms with Crippen molar-refractivity contribution in [3.63, 3.8) is 0 Å². The third kappa shape index (κ3) is 3.29. The van der Waals surface area contributed by atoms with Gasteiger partial charge in [-0.1, -0.05) is 30.3 Å². The molecule has 0 saturated carbocycles. The predicted molar refractivity (Wildman–Crippen MR) is 77.3 cm³/mol. The lowest BCUT2D eigenvalue weighted by Crippen LogP contribution is -2.20. The van der Waals surface area contributed by atoms with Crippen molar-refractivity contribution in [2.45, 2.75) is 13.8 Å². The van der Waals surface area contributed by atoms with Crippen molar-refractivity contribution in [3.05, 3.63) is 71.0 Å². The molecule has 0 atom stereocenters. The summed E-state index contributed by atoms with van der Waals surface area (Å²) >= 11 is 0. The maximum Gasteiger partial charge on any atom is 0.271 e. The Morgan fingerprint density at radius 2 is 1.75 bits per heavy atom. The molecule has 0 radical (unpaired) electrons. The number of carbonyl (C=O) groups is 1. The zero-order chi connectivity index (χ0) is 14.5. The molecule has 0 unspecified atom stereocenters. The average Bonchev–Trinajstić information content (AvgIpc) is 2.45. The fraction of sp³-hybridized carbons (Fsp3) is 0.125. The second kappa shape index (κ2) is 6.10. The molecule has 0 heterocycles. The molecule has 0 aliphatic heterocycles. The largest absolute Gasteiger partial charge is 0.271 e. The fourth-order valence-corrected chi connectivity index (χ4v) is 1.78. The van der Waals surface area contributed by atoms with Crippen LogP contribution in [0, 0.1) is 12.7 Å². The molecular formula is C16H15FN2O. The smallest absolute Gasteiger partial charge is 0.267 e. The molecular weight excluding hydrogens is 255 g/mol. The van der Waals surface area contributed by atoms with Crippen molar-refractivity contribution in [2.24, 2.45) is 5.10 Å². The Hall–Kier alpha value is -2.49. The predicted octanol–water partition coefficient (Wildman–Crippen LogP) is 3.29. The molecule has 0 fully saturated rings. The number of hydrazone groups is 1. The number of nitrogens with zero attached hydrogens (tertiary/aromatic N) is 1. The Balaban J connectivity index is 2.11. The molecule has 1 amide bonds. The molecule has 0 aliphatic carbocycles. The third-order valence-corrected chi connectivity index (χ3v) is 2.98. The molecule has 4 heteroatoms. The van der Waals surface area contributed by atoms with Crippen molar-refractivity contribution in [2.75, 3.05) is 0 Å². The van der Waals surface area contributed by atoms with E-state index in [1.165, 1.54) is 12.1 Å². The molecule has 0 bridgehead atoms. The zero-order valence-electron chi connectivity index (χ0n) is 11.4. The summed E-state index contributed by atoms with van der Waals surface area (Å²) in [5.41, 5.74) is 5.36. The standard InChI is InChI=1S/C16H15FN2O/c1-11-5-3-4-6-15(11)16(20)19-18-12(2)13-7-9-14(17)10-8-13/h3-10H,1-2H3,(H,19,20)/b18-12+. The number of benzene rings is 2. The van der Waals surface area contributed by atoms with Crippen molar-refractivity contribution in [3.8, 4) is 0 Å². The summed E-state index contributed by atoms with van der Waals surface area (Å²) in [6.45, 7) is 3.62. The Bertz CT molecular complexity index is 648. The Morgan fingerprint density at radius 3 is 2.40 bits per heavy atom. The summed E-state index contributed by atoms with van der Waals surface area (Å²) in [6, 6.07) is 13.2. The second-order valence-electron chi connectivity index (χ2n) is 4.46. The lowest BCUT2D eigenvalue weighted by molar-refractivity contribution is 0.0954. The van der Waals surface area contributed by atoms with Crippen LogP contribution in [-0.4, -0.2) is 11.6 Å². The van der Waals surface area contributed by atoms with E-state index in [-0.39, 0.29) is 11.7 Å². The van der Waals surface area contributed by atoms with Gasteiger partial charge in [0.1, 0.15) is 5.82 Å². The van der Waals surface area contributed by atoms with Gasteiger partial charge in [-0.25, -0.2) is 9.82 Å². The number of amides is 1. The van der Waals surface area contributed by atoms with Gasteiger partial charge in [0.2, 0.25) is 0 Å². The minimum atomic E-state index is -0.300. The fourth-order valence-electron chi connectivity index (χ4n) is 1.78. The van der Waals surface area contributed by atoms with Crippen LogP contribution in [0.5, 0.6) is 0 Å². The van der Waals surface area contributed by atoms with E-state index in [4.69, 9.17) is 0 Å². The van der Waals surface area contributed by atoms with E-state index in [1.54, 1.807) is 31.2 Å². The van der Waals surface area contributed by atoms with Gasteiger partial charge in [-0.3, -0.25) is 4.79 Å². The first-order valence-electron chi connectivity index (χ1n) is 6.24. The first kappa shape index (κ1) is 13.9. The van der Waals surface area contributed by atoms with Gasteiger partial charge in [0, 0.05) is 5.56 Å². The van der Waals surface area contributed by atoms with Crippen LogP contribution in [0.4, 0.5) is 4.39 Å². The van der Waals surface area contributed by atoms with Crippen LogP contribution in [0.2, 0.25) is 0 Å². The van der Waals surface area contributed by atoms with Crippen molar-refractivity contribution in [1.82, 2.24) is 5.43 Å². The molecule has 20 heavy (non-hydrogen) atoms. The number of nitrogens with one attached hydrogen (secondary N) is 1. The van der Waals surface area contributed by atoms with Crippen LogP contribution in [-0.2, 0) is 0 Å². The summed E-state index contributed by atoms with van der Waals surface area (Å²) in [5, 5.41) is 4.04. The van der Waals surface area contributed by atoms with Crippen molar-refractivity contribution >= 4 is 11.6 Å². The normalized spacial score (nSPS) is 11.2. The van der Waals surface area contributed by atoms with Crippen LogP contribution in [0.3, 0.4) is 0 Å². The van der Waals surface area contributed by atoms with Gasteiger partial charge in [-0.05, 0) is 43.2 Å². The maximum absolute atomic E-state index is 12.8. The van der Waals surface area contributed by atoms with Crippen LogP contribution in [0.25, 0.3) is 0 Å². The van der Waals surface area contributed by atoms with E-state index in [9.17, 15) is 9.18 Å².